The number of pyridine rings is 1. The molecule has 2 aromatic rings. The predicted octanol–water partition coefficient (Wildman–Crippen LogP) is -0.645. The Balaban J connectivity index is 2.19. The summed E-state index contributed by atoms with van der Waals surface area (Å²) in [5.41, 5.74) is 8.71. The first kappa shape index (κ1) is 12.9. The molecule has 0 aliphatic rings. The van der Waals surface area contributed by atoms with Crippen LogP contribution in [-0.4, -0.2) is 15.9 Å². The number of anilines is 1. The third-order valence-corrected chi connectivity index (χ3v) is 2.44. The molecule has 0 bridgehead atoms. The highest BCUT2D eigenvalue weighted by Gasteiger charge is 2.09. The molecule has 2 aromatic heterocycles. The molecule has 0 fully saturated rings. The van der Waals surface area contributed by atoms with Crippen LogP contribution in [-0.2, 0) is 0 Å². The van der Waals surface area contributed by atoms with Gasteiger partial charge >= 0.3 is 11.9 Å². The van der Waals surface area contributed by atoms with Crippen LogP contribution in [0.3, 0.4) is 0 Å². The van der Waals surface area contributed by atoms with Gasteiger partial charge in [0.25, 0.3) is 5.82 Å². The van der Waals surface area contributed by atoms with E-state index >= 15 is 0 Å². The van der Waals surface area contributed by atoms with Gasteiger partial charge in [-0.05, 0) is 26.8 Å². The molecule has 2 rings (SSSR count). The van der Waals surface area contributed by atoms with Crippen LogP contribution in [0.4, 0.5) is 11.8 Å². The van der Waals surface area contributed by atoms with Gasteiger partial charge in [0, 0.05) is 12.1 Å². The third-order valence-electron chi connectivity index (χ3n) is 2.44. The van der Waals surface area contributed by atoms with E-state index in [1.54, 1.807) is 0 Å². The first-order chi connectivity index (χ1) is 9.02. The quantitative estimate of drug-likeness (QED) is 0.493. The van der Waals surface area contributed by atoms with E-state index < -0.39 is 0 Å². The zero-order chi connectivity index (χ0) is 13.8. The number of aromatic amines is 1. The number of guanidine groups is 1. The summed E-state index contributed by atoms with van der Waals surface area (Å²) in [6.45, 7) is 5.80. The SMILES string of the molecule is Cc1cc(C)nc([NH+]=C(N)Nc2cccc(C)[nH+]2)n1. The summed E-state index contributed by atoms with van der Waals surface area (Å²) in [7, 11) is 0. The minimum Gasteiger partial charge on any atom is -0.310 e. The van der Waals surface area contributed by atoms with Crippen molar-refractivity contribution in [2.24, 2.45) is 5.73 Å². The van der Waals surface area contributed by atoms with Gasteiger partial charge < -0.3 is 5.73 Å². The van der Waals surface area contributed by atoms with Crippen molar-refractivity contribution in [3.05, 3.63) is 41.3 Å². The monoisotopic (exact) mass is 258 g/mol. The maximum atomic E-state index is 5.88. The van der Waals surface area contributed by atoms with E-state index in [-0.39, 0.29) is 0 Å². The van der Waals surface area contributed by atoms with Crippen LogP contribution in [0.25, 0.3) is 0 Å². The van der Waals surface area contributed by atoms with E-state index in [1.165, 1.54) is 0 Å². The molecule has 0 amide bonds. The van der Waals surface area contributed by atoms with Gasteiger partial charge in [0.1, 0.15) is 0 Å². The Kier molecular flexibility index (Phi) is 3.70. The summed E-state index contributed by atoms with van der Waals surface area (Å²) < 4.78 is 0. The molecule has 98 valence electrons. The van der Waals surface area contributed by atoms with Crippen molar-refractivity contribution in [2.45, 2.75) is 20.8 Å². The van der Waals surface area contributed by atoms with E-state index in [4.69, 9.17) is 5.73 Å². The van der Waals surface area contributed by atoms with Crippen molar-refractivity contribution < 1.29 is 9.98 Å². The number of nitrogens with two attached hydrogens (primary N) is 1. The Hall–Kier alpha value is -2.50. The van der Waals surface area contributed by atoms with Crippen LogP contribution in [0.1, 0.15) is 17.1 Å². The maximum absolute atomic E-state index is 5.88. The fourth-order valence-corrected chi connectivity index (χ4v) is 1.74. The number of hydrogen-bond donors (Lipinski definition) is 3. The second-order valence-corrected chi connectivity index (χ2v) is 4.39. The number of H-pyrrole nitrogens is 1. The Morgan fingerprint density at radius 2 is 1.89 bits per heavy atom. The van der Waals surface area contributed by atoms with Gasteiger partial charge in [-0.1, -0.05) is 6.07 Å². The number of aryl methyl sites for hydroxylation is 3. The molecular weight excluding hydrogens is 240 g/mol. The van der Waals surface area contributed by atoms with Gasteiger partial charge in [-0.25, -0.2) is 9.98 Å². The van der Waals surface area contributed by atoms with Crippen molar-refractivity contribution in [3.8, 4) is 0 Å². The van der Waals surface area contributed by atoms with E-state index in [0.717, 1.165) is 22.9 Å². The molecule has 2 heterocycles. The highest BCUT2D eigenvalue weighted by Crippen LogP contribution is 1.98. The predicted molar refractivity (Wildman–Crippen MR) is 72.7 cm³/mol. The van der Waals surface area contributed by atoms with Crippen LogP contribution in [0.5, 0.6) is 0 Å². The third kappa shape index (κ3) is 3.74. The smallest absolute Gasteiger partial charge is 0.310 e. The van der Waals surface area contributed by atoms with Gasteiger partial charge in [0.2, 0.25) is 0 Å². The van der Waals surface area contributed by atoms with Gasteiger partial charge in [-0.2, -0.15) is 5.32 Å². The fourth-order valence-electron chi connectivity index (χ4n) is 1.74. The van der Waals surface area contributed by atoms with E-state index in [1.807, 2.05) is 45.0 Å². The molecule has 0 saturated heterocycles. The highest BCUT2D eigenvalue weighted by molar-refractivity contribution is 5.86. The molecule has 6 heteroatoms. The first-order valence-corrected chi connectivity index (χ1v) is 6.00. The lowest BCUT2D eigenvalue weighted by molar-refractivity contribution is -0.375. The first-order valence-electron chi connectivity index (χ1n) is 6.00. The molecule has 5 N–H and O–H groups in total. The van der Waals surface area contributed by atoms with Crippen molar-refractivity contribution in [1.29, 1.82) is 0 Å². The Morgan fingerprint density at radius 3 is 2.53 bits per heavy atom. The summed E-state index contributed by atoms with van der Waals surface area (Å²) >= 11 is 0. The topological polar surface area (TPSA) is 91.9 Å². The van der Waals surface area contributed by atoms with Crippen LogP contribution in [0, 0.1) is 20.8 Å². The Labute approximate surface area is 111 Å². The van der Waals surface area contributed by atoms with Crippen molar-refractivity contribution in [2.75, 3.05) is 5.32 Å². The van der Waals surface area contributed by atoms with Gasteiger partial charge in [-0.3, -0.25) is 0 Å². The molecule has 19 heavy (non-hydrogen) atoms. The maximum Gasteiger partial charge on any atom is 0.355 e. The normalized spacial score (nSPS) is 11.4. The number of hydrogen-bond acceptors (Lipinski definition) is 2. The molecule has 0 aliphatic carbocycles. The van der Waals surface area contributed by atoms with Crippen LogP contribution < -0.4 is 21.0 Å². The van der Waals surface area contributed by atoms with E-state index in [0.29, 0.717) is 11.9 Å². The second kappa shape index (κ2) is 5.43. The molecule has 0 saturated carbocycles. The molecule has 0 aliphatic heterocycles. The lowest BCUT2D eigenvalue weighted by Gasteiger charge is -1.97. The van der Waals surface area contributed by atoms with Gasteiger partial charge in [0.05, 0.1) is 17.1 Å². The number of nitrogens with one attached hydrogen (secondary N) is 3. The summed E-state index contributed by atoms with van der Waals surface area (Å²) in [4.78, 5) is 14.6. The molecule has 0 spiro atoms. The zero-order valence-electron chi connectivity index (χ0n) is 11.3. The Bertz CT molecular complexity index is 600. The molecular formula is C13H18N6+2. The van der Waals surface area contributed by atoms with Crippen LogP contribution >= 0.6 is 0 Å². The number of aromatic nitrogens is 3. The molecule has 0 unspecified atom stereocenters. The summed E-state index contributed by atoms with van der Waals surface area (Å²) in [5, 5.41) is 3.02. The molecule has 0 aromatic carbocycles. The summed E-state index contributed by atoms with van der Waals surface area (Å²) in [5.74, 6) is 1.65. The molecule has 0 radical (unpaired) electrons. The van der Waals surface area contributed by atoms with Crippen molar-refractivity contribution in [1.82, 2.24) is 9.97 Å². The van der Waals surface area contributed by atoms with Crippen molar-refractivity contribution in [3.63, 3.8) is 0 Å². The van der Waals surface area contributed by atoms with E-state index in [9.17, 15) is 0 Å². The molecule has 6 nitrogen and oxygen atoms in total. The minimum absolute atomic E-state index is 0.367. The average Bonchev–Trinajstić information content (AvgIpc) is 2.26. The van der Waals surface area contributed by atoms with Crippen LogP contribution in [0.15, 0.2) is 24.3 Å². The highest BCUT2D eigenvalue weighted by atomic mass is 15.2. The van der Waals surface area contributed by atoms with Gasteiger partial charge in [-0.15, -0.1) is 9.97 Å². The molecule has 0 atom stereocenters. The lowest BCUT2D eigenvalue weighted by atomic mass is 10.4. The summed E-state index contributed by atoms with van der Waals surface area (Å²) in [6, 6.07) is 7.71. The summed E-state index contributed by atoms with van der Waals surface area (Å²) in [6.07, 6.45) is 0. The zero-order valence-corrected chi connectivity index (χ0v) is 11.3. The largest absolute Gasteiger partial charge is 0.355 e. The van der Waals surface area contributed by atoms with Crippen molar-refractivity contribution >= 4 is 17.7 Å². The fraction of sp³-hybridized carbons (Fsp3) is 0.231. The number of nitrogens with zero attached hydrogens (tertiary/aromatic N) is 2. The van der Waals surface area contributed by atoms with E-state index in [2.05, 4.69) is 25.3 Å². The van der Waals surface area contributed by atoms with Crippen LogP contribution in [0.2, 0.25) is 0 Å². The lowest BCUT2D eigenvalue weighted by Crippen LogP contribution is -2.72. The Morgan fingerprint density at radius 1 is 1.21 bits per heavy atom. The minimum atomic E-state index is 0.367. The average molecular weight is 258 g/mol. The number of rotatable bonds is 2. The second-order valence-electron chi connectivity index (χ2n) is 4.39. The van der Waals surface area contributed by atoms with Gasteiger partial charge in [0.15, 0.2) is 0 Å². The standard InChI is InChI=1S/C13H16N6/c1-8-5-4-6-11(15-8)18-12(14)19-13-16-9(2)7-10(3)17-13/h4-7H,1-3H3,(H3,14,15,16,17,18,19)/p+2.